The average molecular weight is 507 g/mol. The number of aliphatic hydroxyl groups excluding tert-OH is 1. The number of aliphatic hydroxyl groups is 1. The minimum atomic E-state index is -1.47. The van der Waals surface area contributed by atoms with Gasteiger partial charge in [-0.3, -0.25) is 14.4 Å². The zero-order valence-electron chi connectivity index (χ0n) is 20.4. The molecule has 0 spiro atoms. The van der Waals surface area contributed by atoms with Gasteiger partial charge in [0.1, 0.15) is 18.1 Å². The van der Waals surface area contributed by atoms with E-state index in [1.54, 1.807) is 13.8 Å². The molecule has 0 saturated heterocycles. The number of carbonyl (C=O) groups excluding carboxylic acids is 3. The molecular weight excluding hydrogens is 472 g/mol. The molecule has 14 heteroatoms. The maximum atomic E-state index is 13.1. The molecule has 0 aromatic carbocycles. The zero-order chi connectivity index (χ0) is 26.8. The van der Waals surface area contributed by atoms with Gasteiger partial charge in [0.15, 0.2) is 0 Å². The smallest absolute Gasteiger partial charge is 0.326 e. The lowest BCUT2D eigenvalue weighted by Crippen LogP contribution is -2.60. The van der Waals surface area contributed by atoms with Gasteiger partial charge in [-0.2, -0.15) is 0 Å². The van der Waals surface area contributed by atoms with Gasteiger partial charge < -0.3 is 41.9 Å². The van der Waals surface area contributed by atoms with Crippen molar-refractivity contribution in [1.82, 2.24) is 35.9 Å². The van der Waals surface area contributed by atoms with Gasteiger partial charge in [0, 0.05) is 36.6 Å². The summed E-state index contributed by atoms with van der Waals surface area (Å²) in [6.07, 6.45) is 4.80. The molecule has 0 aliphatic heterocycles. The van der Waals surface area contributed by atoms with Crippen LogP contribution in [0, 0.1) is 5.92 Å². The van der Waals surface area contributed by atoms with E-state index < -0.39 is 54.0 Å². The number of imidazole rings is 2. The second-order valence-corrected chi connectivity index (χ2v) is 8.99. The van der Waals surface area contributed by atoms with Crippen LogP contribution in [0.25, 0.3) is 0 Å². The second-order valence-electron chi connectivity index (χ2n) is 8.99. The minimum absolute atomic E-state index is 0.00635. The van der Waals surface area contributed by atoms with Crippen LogP contribution in [0.15, 0.2) is 25.0 Å². The first-order valence-electron chi connectivity index (χ1n) is 11.5. The normalized spacial score (nSPS) is 15.4. The highest BCUT2D eigenvalue weighted by Gasteiger charge is 2.33. The number of carboxylic acid groups (broad SMARTS) is 1. The van der Waals surface area contributed by atoms with E-state index in [9.17, 15) is 29.4 Å². The van der Waals surface area contributed by atoms with Crippen molar-refractivity contribution in [3.8, 4) is 0 Å². The van der Waals surface area contributed by atoms with Crippen LogP contribution >= 0.6 is 0 Å². The number of H-pyrrole nitrogens is 2. The number of amides is 3. The molecule has 5 unspecified atom stereocenters. The van der Waals surface area contributed by atoms with Crippen molar-refractivity contribution in [2.24, 2.45) is 11.7 Å². The van der Waals surface area contributed by atoms with Gasteiger partial charge in [-0.1, -0.05) is 13.8 Å². The third-order valence-electron chi connectivity index (χ3n) is 5.33. The summed E-state index contributed by atoms with van der Waals surface area (Å²) in [4.78, 5) is 63.6. The van der Waals surface area contributed by atoms with Crippen molar-refractivity contribution < 1.29 is 29.4 Å². The zero-order valence-corrected chi connectivity index (χ0v) is 20.4. The fourth-order valence-electron chi connectivity index (χ4n) is 3.44. The van der Waals surface area contributed by atoms with Crippen LogP contribution in [0.1, 0.15) is 38.6 Å². The Balaban J connectivity index is 2.14. The van der Waals surface area contributed by atoms with Gasteiger partial charge in [0.2, 0.25) is 17.7 Å². The molecule has 2 aromatic heterocycles. The molecule has 3 amide bonds. The van der Waals surface area contributed by atoms with E-state index in [1.165, 1.54) is 32.0 Å². The van der Waals surface area contributed by atoms with Crippen LogP contribution in [-0.2, 0) is 32.0 Å². The Kier molecular flexibility index (Phi) is 10.5. The predicted octanol–water partition coefficient (Wildman–Crippen LogP) is -1.79. The monoisotopic (exact) mass is 506 g/mol. The number of carbonyl (C=O) groups is 4. The predicted molar refractivity (Wildman–Crippen MR) is 127 cm³/mol. The van der Waals surface area contributed by atoms with E-state index in [4.69, 9.17) is 5.73 Å². The fraction of sp³-hybridized carbons (Fsp3) is 0.545. The molecule has 0 bridgehead atoms. The van der Waals surface area contributed by atoms with Crippen molar-refractivity contribution >= 4 is 23.7 Å². The van der Waals surface area contributed by atoms with E-state index in [2.05, 4.69) is 35.9 Å². The summed E-state index contributed by atoms with van der Waals surface area (Å²) in [5, 5.41) is 26.9. The number of carboxylic acids is 1. The van der Waals surface area contributed by atoms with Crippen LogP contribution in [0.2, 0.25) is 0 Å². The number of aromatic amines is 2. The van der Waals surface area contributed by atoms with Crippen molar-refractivity contribution in [1.29, 1.82) is 0 Å². The van der Waals surface area contributed by atoms with Crippen LogP contribution in [0.4, 0.5) is 0 Å². The second kappa shape index (κ2) is 13.3. The lowest BCUT2D eigenvalue weighted by Gasteiger charge is -2.26. The number of nitrogens with zero attached hydrogens (tertiary/aromatic N) is 2. The number of hydrogen-bond acceptors (Lipinski definition) is 8. The summed E-state index contributed by atoms with van der Waals surface area (Å²) < 4.78 is 0. The van der Waals surface area contributed by atoms with Gasteiger partial charge in [0.05, 0.1) is 24.8 Å². The molecule has 36 heavy (non-hydrogen) atoms. The molecule has 0 fully saturated rings. The number of aliphatic carboxylic acids is 1. The molecule has 5 atom stereocenters. The SMILES string of the molecule is CC(C)CC(NC(=O)C(NC(=O)C(Cc1cnc[nH]1)NC(=O)C(N)Cc1cnc[nH]1)C(C)O)C(=O)O. The number of hydrogen-bond donors (Lipinski definition) is 8. The Hall–Kier alpha value is -3.78. The first-order chi connectivity index (χ1) is 17.0. The van der Waals surface area contributed by atoms with E-state index in [0.29, 0.717) is 11.4 Å². The number of nitrogens with one attached hydrogen (secondary N) is 5. The highest BCUT2D eigenvalue weighted by Crippen LogP contribution is 2.07. The van der Waals surface area contributed by atoms with Gasteiger partial charge >= 0.3 is 5.97 Å². The number of aromatic nitrogens is 4. The fourth-order valence-corrected chi connectivity index (χ4v) is 3.44. The van der Waals surface area contributed by atoms with Gasteiger partial charge in [-0.25, -0.2) is 14.8 Å². The summed E-state index contributed by atoms with van der Waals surface area (Å²) in [7, 11) is 0. The first kappa shape index (κ1) is 28.5. The third kappa shape index (κ3) is 8.78. The summed E-state index contributed by atoms with van der Waals surface area (Å²) in [5.41, 5.74) is 7.14. The van der Waals surface area contributed by atoms with Gasteiger partial charge in [0.25, 0.3) is 0 Å². The summed E-state index contributed by atoms with van der Waals surface area (Å²) in [6.45, 7) is 4.89. The molecule has 0 saturated carbocycles. The van der Waals surface area contributed by atoms with E-state index in [0.717, 1.165) is 0 Å². The van der Waals surface area contributed by atoms with Gasteiger partial charge in [-0.15, -0.1) is 0 Å². The Labute approximate surface area is 207 Å². The highest BCUT2D eigenvalue weighted by molar-refractivity contribution is 5.94. The largest absolute Gasteiger partial charge is 0.480 e. The molecule has 198 valence electrons. The van der Waals surface area contributed by atoms with E-state index in [1.807, 2.05) is 0 Å². The number of rotatable bonds is 14. The third-order valence-corrected chi connectivity index (χ3v) is 5.33. The van der Waals surface area contributed by atoms with Crippen LogP contribution in [0.5, 0.6) is 0 Å². The minimum Gasteiger partial charge on any atom is -0.480 e. The Morgan fingerprint density at radius 3 is 1.92 bits per heavy atom. The van der Waals surface area contributed by atoms with Crippen molar-refractivity contribution in [3.05, 3.63) is 36.4 Å². The molecule has 2 rings (SSSR count). The summed E-state index contributed by atoms with van der Waals surface area (Å²) in [6, 6.07) is -4.83. The van der Waals surface area contributed by atoms with Crippen LogP contribution in [0.3, 0.4) is 0 Å². The van der Waals surface area contributed by atoms with E-state index >= 15 is 0 Å². The quantitative estimate of drug-likeness (QED) is 0.144. The molecule has 9 N–H and O–H groups in total. The standard InChI is InChI=1S/C22H34N8O6/c1-11(2)4-17(22(35)36)29-21(34)18(12(3)31)30-20(33)16(6-14-8-25-10-27-14)28-19(32)15(23)5-13-7-24-9-26-13/h7-12,15-18,31H,4-6,23H2,1-3H3,(H,24,26)(H,25,27)(H,28,32)(H,29,34)(H,30,33)(H,35,36). The summed E-state index contributed by atoms with van der Waals surface area (Å²) >= 11 is 0. The van der Waals surface area contributed by atoms with Crippen molar-refractivity contribution in [3.63, 3.8) is 0 Å². The van der Waals surface area contributed by atoms with Crippen LogP contribution in [-0.4, -0.2) is 84.1 Å². The molecule has 0 aliphatic carbocycles. The van der Waals surface area contributed by atoms with Gasteiger partial charge in [-0.05, 0) is 19.3 Å². The van der Waals surface area contributed by atoms with Crippen molar-refractivity contribution in [2.75, 3.05) is 0 Å². The lowest BCUT2D eigenvalue weighted by molar-refractivity contribution is -0.143. The van der Waals surface area contributed by atoms with E-state index in [-0.39, 0.29) is 25.2 Å². The molecule has 0 aliphatic rings. The Bertz CT molecular complexity index is 992. The lowest BCUT2D eigenvalue weighted by atomic mass is 10.0. The molecule has 2 heterocycles. The van der Waals surface area contributed by atoms with Crippen LogP contribution < -0.4 is 21.7 Å². The molecule has 14 nitrogen and oxygen atoms in total. The number of nitrogens with two attached hydrogens (primary N) is 1. The van der Waals surface area contributed by atoms with Crippen molar-refractivity contribution in [2.45, 2.75) is 70.3 Å². The summed E-state index contributed by atoms with van der Waals surface area (Å²) in [5.74, 6) is -3.52. The topological polar surface area (TPSA) is 228 Å². The molecular formula is C22H34N8O6. The average Bonchev–Trinajstić information content (AvgIpc) is 3.49. The molecule has 2 aromatic rings. The Morgan fingerprint density at radius 1 is 0.889 bits per heavy atom. The maximum absolute atomic E-state index is 13.1. The highest BCUT2D eigenvalue weighted by atomic mass is 16.4. The Morgan fingerprint density at radius 2 is 1.44 bits per heavy atom. The maximum Gasteiger partial charge on any atom is 0.326 e. The first-order valence-corrected chi connectivity index (χ1v) is 11.5. The molecule has 0 radical (unpaired) electrons.